The molecule has 0 saturated carbocycles. The number of aliphatic hydroxyl groups excluding tert-OH is 1. The number of aromatic nitrogens is 1. The normalized spacial score (nSPS) is 22.3. The van der Waals surface area contributed by atoms with Crippen molar-refractivity contribution in [3.05, 3.63) is 34.7 Å². The first kappa shape index (κ1) is 14.3. The summed E-state index contributed by atoms with van der Waals surface area (Å²) >= 11 is 0. The first-order chi connectivity index (χ1) is 9.16. The highest BCUT2D eigenvalue weighted by Crippen LogP contribution is 2.20. The molecule has 1 aliphatic heterocycles. The third-order valence-electron chi connectivity index (χ3n) is 3.89. The van der Waals surface area contributed by atoms with Crippen LogP contribution in [0.5, 0.6) is 0 Å². The molecule has 1 saturated heterocycles. The molecule has 0 bridgehead atoms. The van der Waals surface area contributed by atoms with Crippen LogP contribution in [-0.2, 0) is 6.54 Å². The lowest BCUT2D eigenvalue weighted by atomic mass is 9.97. The van der Waals surface area contributed by atoms with Crippen LogP contribution in [0.1, 0.15) is 32.6 Å². The van der Waals surface area contributed by atoms with Gasteiger partial charge in [0.25, 0.3) is 5.56 Å². The number of aliphatic hydroxyl groups is 1. The minimum Gasteiger partial charge on any atom is -0.393 e. The maximum Gasteiger partial charge on any atom is 0.250 e. The van der Waals surface area contributed by atoms with Crippen LogP contribution in [0.15, 0.2) is 29.2 Å². The van der Waals surface area contributed by atoms with Gasteiger partial charge in [-0.3, -0.25) is 9.69 Å². The van der Waals surface area contributed by atoms with Gasteiger partial charge in [-0.2, -0.15) is 0 Å². The number of pyridine rings is 1. The second-order valence-corrected chi connectivity index (χ2v) is 5.50. The Labute approximate surface area is 114 Å². The number of nitrogens with zero attached hydrogens (tertiary/aromatic N) is 2. The van der Waals surface area contributed by atoms with E-state index in [1.807, 2.05) is 19.2 Å². The summed E-state index contributed by atoms with van der Waals surface area (Å²) in [4.78, 5) is 14.1. The van der Waals surface area contributed by atoms with Gasteiger partial charge in [0.1, 0.15) is 0 Å². The van der Waals surface area contributed by atoms with Crippen LogP contribution in [0, 0.1) is 0 Å². The maximum absolute atomic E-state index is 11.7. The number of likely N-dealkylation sites (tertiary alicyclic amines) is 1. The molecule has 0 aromatic carbocycles. The topological polar surface area (TPSA) is 45.5 Å². The van der Waals surface area contributed by atoms with E-state index in [1.165, 1.54) is 12.8 Å². The van der Waals surface area contributed by atoms with Gasteiger partial charge in [0, 0.05) is 31.4 Å². The molecule has 2 rings (SSSR count). The minimum absolute atomic E-state index is 0.0617. The SMILES string of the molecule is CC(O)CC1CCCCN1CCn1ccccc1=O. The fourth-order valence-electron chi connectivity index (χ4n) is 2.90. The standard InChI is InChI=1S/C15H24N2O2/c1-13(18)12-14-6-2-4-8-16(14)10-11-17-9-5-3-7-15(17)19/h3,5,7,9,13-14,18H,2,4,6,8,10-12H2,1H3. The lowest BCUT2D eigenvalue weighted by Gasteiger charge is -2.36. The predicted molar refractivity (Wildman–Crippen MR) is 76.2 cm³/mol. The molecule has 1 aliphatic rings. The Hall–Kier alpha value is -1.13. The van der Waals surface area contributed by atoms with Crippen LogP contribution in [0.4, 0.5) is 0 Å². The quantitative estimate of drug-likeness (QED) is 0.876. The van der Waals surface area contributed by atoms with Gasteiger partial charge in [-0.1, -0.05) is 12.5 Å². The molecular weight excluding hydrogens is 240 g/mol. The van der Waals surface area contributed by atoms with Gasteiger partial charge < -0.3 is 9.67 Å². The summed E-state index contributed by atoms with van der Waals surface area (Å²) in [5, 5.41) is 9.57. The molecule has 0 amide bonds. The Bertz CT molecular complexity index is 442. The number of hydrogen-bond donors (Lipinski definition) is 1. The van der Waals surface area contributed by atoms with Crippen LogP contribution >= 0.6 is 0 Å². The van der Waals surface area contributed by atoms with E-state index in [4.69, 9.17) is 0 Å². The van der Waals surface area contributed by atoms with E-state index in [1.54, 1.807) is 16.7 Å². The van der Waals surface area contributed by atoms with E-state index in [0.717, 1.165) is 32.5 Å². The highest BCUT2D eigenvalue weighted by molar-refractivity contribution is 4.93. The van der Waals surface area contributed by atoms with E-state index in [2.05, 4.69) is 4.90 Å². The van der Waals surface area contributed by atoms with Crippen molar-refractivity contribution in [2.75, 3.05) is 13.1 Å². The Kier molecular flexibility index (Phi) is 5.16. The van der Waals surface area contributed by atoms with Crippen LogP contribution < -0.4 is 5.56 Å². The molecule has 0 radical (unpaired) electrons. The Morgan fingerprint density at radius 3 is 2.95 bits per heavy atom. The van der Waals surface area contributed by atoms with Crippen molar-refractivity contribution in [2.24, 2.45) is 0 Å². The van der Waals surface area contributed by atoms with Crippen LogP contribution in [-0.4, -0.2) is 39.8 Å². The first-order valence-electron chi connectivity index (χ1n) is 7.24. The lowest BCUT2D eigenvalue weighted by molar-refractivity contribution is 0.0841. The van der Waals surface area contributed by atoms with E-state index in [9.17, 15) is 9.90 Å². The van der Waals surface area contributed by atoms with Crippen LogP contribution in [0.2, 0.25) is 0 Å². The molecule has 19 heavy (non-hydrogen) atoms. The molecule has 2 unspecified atom stereocenters. The zero-order valence-corrected chi connectivity index (χ0v) is 11.7. The van der Waals surface area contributed by atoms with Gasteiger partial charge in [0.15, 0.2) is 0 Å². The van der Waals surface area contributed by atoms with Crippen molar-refractivity contribution in [1.29, 1.82) is 0 Å². The molecular formula is C15H24N2O2. The molecule has 4 heteroatoms. The van der Waals surface area contributed by atoms with Crippen molar-refractivity contribution in [3.8, 4) is 0 Å². The largest absolute Gasteiger partial charge is 0.393 e. The van der Waals surface area contributed by atoms with Crippen LogP contribution in [0.25, 0.3) is 0 Å². The number of hydrogen-bond acceptors (Lipinski definition) is 3. The molecule has 0 aliphatic carbocycles. The number of piperidine rings is 1. The molecule has 2 atom stereocenters. The van der Waals surface area contributed by atoms with Crippen LogP contribution in [0.3, 0.4) is 0 Å². The summed E-state index contributed by atoms with van der Waals surface area (Å²) in [6, 6.07) is 5.73. The molecule has 0 spiro atoms. The summed E-state index contributed by atoms with van der Waals surface area (Å²) in [6.07, 6.45) is 6.07. The Balaban J connectivity index is 1.93. The minimum atomic E-state index is -0.245. The highest BCUT2D eigenvalue weighted by atomic mass is 16.3. The predicted octanol–water partition coefficient (Wildman–Crippen LogP) is 1.47. The van der Waals surface area contributed by atoms with E-state index >= 15 is 0 Å². The highest BCUT2D eigenvalue weighted by Gasteiger charge is 2.23. The lowest BCUT2D eigenvalue weighted by Crippen LogP contribution is -2.43. The number of rotatable bonds is 5. The van der Waals surface area contributed by atoms with Gasteiger partial charge in [0.05, 0.1) is 6.10 Å². The van der Waals surface area contributed by atoms with Crippen molar-refractivity contribution < 1.29 is 5.11 Å². The van der Waals surface area contributed by atoms with E-state index in [-0.39, 0.29) is 11.7 Å². The molecule has 2 heterocycles. The fraction of sp³-hybridized carbons (Fsp3) is 0.667. The van der Waals surface area contributed by atoms with Crippen molar-refractivity contribution >= 4 is 0 Å². The molecule has 1 aromatic rings. The molecule has 1 aromatic heterocycles. The van der Waals surface area contributed by atoms with Gasteiger partial charge in [-0.05, 0) is 38.8 Å². The van der Waals surface area contributed by atoms with Crippen molar-refractivity contribution in [1.82, 2.24) is 9.47 Å². The maximum atomic E-state index is 11.7. The second kappa shape index (κ2) is 6.87. The van der Waals surface area contributed by atoms with Gasteiger partial charge in [-0.15, -0.1) is 0 Å². The summed E-state index contributed by atoms with van der Waals surface area (Å²) in [6.45, 7) is 4.56. The van der Waals surface area contributed by atoms with E-state index in [0.29, 0.717) is 6.04 Å². The fourth-order valence-corrected chi connectivity index (χ4v) is 2.90. The first-order valence-corrected chi connectivity index (χ1v) is 7.24. The third kappa shape index (κ3) is 4.18. The summed E-state index contributed by atoms with van der Waals surface area (Å²) in [7, 11) is 0. The van der Waals surface area contributed by atoms with Gasteiger partial charge in [-0.25, -0.2) is 0 Å². The van der Waals surface area contributed by atoms with Crippen molar-refractivity contribution in [2.45, 2.75) is 51.3 Å². The van der Waals surface area contributed by atoms with E-state index < -0.39 is 0 Å². The molecule has 1 N–H and O–H groups in total. The Morgan fingerprint density at radius 2 is 2.21 bits per heavy atom. The smallest absolute Gasteiger partial charge is 0.250 e. The Morgan fingerprint density at radius 1 is 1.37 bits per heavy atom. The summed E-state index contributed by atoms with van der Waals surface area (Å²) in [5.74, 6) is 0. The second-order valence-electron chi connectivity index (χ2n) is 5.50. The monoisotopic (exact) mass is 264 g/mol. The zero-order valence-electron chi connectivity index (χ0n) is 11.7. The third-order valence-corrected chi connectivity index (χ3v) is 3.89. The zero-order chi connectivity index (χ0) is 13.7. The average Bonchev–Trinajstić information content (AvgIpc) is 2.39. The van der Waals surface area contributed by atoms with Crippen molar-refractivity contribution in [3.63, 3.8) is 0 Å². The summed E-state index contributed by atoms with van der Waals surface area (Å²) in [5.41, 5.74) is 0.0617. The molecule has 4 nitrogen and oxygen atoms in total. The van der Waals surface area contributed by atoms with Gasteiger partial charge in [0.2, 0.25) is 0 Å². The molecule has 1 fully saturated rings. The average molecular weight is 264 g/mol. The summed E-state index contributed by atoms with van der Waals surface area (Å²) < 4.78 is 1.76. The van der Waals surface area contributed by atoms with Gasteiger partial charge >= 0.3 is 0 Å². The molecule has 106 valence electrons.